The highest BCUT2D eigenvalue weighted by molar-refractivity contribution is 5.43. The predicted octanol–water partition coefficient (Wildman–Crippen LogP) is 4.63. The highest BCUT2D eigenvalue weighted by Crippen LogP contribution is 2.25. The molecular formula is C25H31N3O. The van der Waals surface area contributed by atoms with E-state index < -0.39 is 0 Å². The van der Waals surface area contributed by atoms with Crippen molar-refractivity contribution in [2.24, 2.45) is 0 Å². The van der Waals surface area contributed by atoms with E-state index in [1.807, 2.05) is 18.2 Å². The highest BCUT2D eigenvalue weighted by Gasteiger charge is 2.08. The number of ether oxygens (including phenoxy) is 1. The number of hydrogen-bond donors (Lipinski definition) is 1. The molecule has 29 heavy (non-hydrogen) atoms. The third-order valence-electron chi connectivity index (χ3n) is 4.76. The van der Waals surface area contributed by atoms with Gasteiger partial charge in [0.1, 0.15) is 12.4 Å². The van der Waals surface area contributed by atoms with Crippen LogP contribution in [0.25, 0.3) is 0 Å². The van der Waals surface area contributed by atoms with Crippen LogP contribution in [0.15, 0.2) is 60.8 Å². The lowest BCUT2D eigenvalue weighted by Gasteiger charge is -2.15. The maximum absolute atomic E-state index is 6.04. The van der Waals surface area contributed by atoms with E-state index in [0.29, 0.717) is 6.61 Å². The van der Waals surface area contributed by atoms with Gasteiger partial charge in [0.25, 0.3) is 0 Å². The first-order valence-corrected chi connectivity index (χ1v) is 10.1. The van der Waals surface area contributed by atoms with Crippen molar-refractivity contribution in [3.8, 4) is 5.75 Å². The second kappa shape index (κ2) is 10.2. The number of benzene rings is 2. The first-order valence-electron chi connectivity index (χ1n) is 10.1. The van der Waals surface area contributed by atoms with Gasteiger partial charge in [0.2, 0.25) is 0 Å². The first kappa shape index (κ1) is 21.0. The van der Waals surface area contributed by atoms with Gasteiger partial charge in [-0.05, 0) is 67.9 Å². The van der Waals surface area contributed by atoms with Crippen LogP contribution in [0.1, 0.15) is 33.5 Å². The van der Waals surface area contributed by atoms with Gasteiger partial charge in [-0.1, -0.05) is 42.5 Å². The molecule has 1 heterocycles. The van der Waals surface area contributed by atoms with Crippen molar-refractivity contribution in [3.05, 3.63) is 94.3 Å². The summed E-state index contributed by atoms with van der Waals surface area (Å²) in [6.07, 6.45) is 1.80. The molecule has 4 heteroatoms. The van der Waals surface area contributed by atoms with E-state index in [4.69, 9.17) is 4.74 Å². The molecule has 0 unspecified atom stereocenters. The summed E-state index contributed by atoms with van der Waals surface area (Å²) in [7, 11) is 4.19. The molecule has 4 nitrogen and oxygen atoms in total. The van der Waals surface area contributed by atoms with Gasteiger partial charge in [-0.15, -0.1) is 0 Å². The summed E-state index contributed by atoms with van der Waals surface area (Å²) in [6, 6.07) is 19.1. The van der Waals surface area contributed by atoms with Gasteiger partial charge in [-0.3, -0.25) is 4.98 Å². The molecule has 2 aromatic carbocycles. The standard InChI is InChI=1S/C25H31N3O/c1-19-12-23(13-20(2)25(19)29-18-24-10-5-6-11-27-24)16-26-15-21-8-7-9-22(14-21)17-28(3)4/h5-14,26H,15-18H2,1-4H3. The summed E-state index contributed by atoms with van der Waals surface area (Å²) in [5.74, 6) is 0.954. The molecule has 0 saturated heterocycles. The smallest absolute Gasteiger partial charge is 0.130 e. The fourth-order valence-electron chi connectivity index (χ4n) is 3.55. The van der Waals surface area contributed by atoms with E-state index in [0.717, 1.165) is 42.2 Å². The van der Waals surface area contributed by atoms with Crippen LogP contribution in [0.3, 0.4) is 0 Å². The van der Waals surface area contributed by atoms with Crippen LogP contribution in [0, 0.1) is 13.8 Å². The van der Waals surface area contributed by atoms with Crippen LogP contribution in [0.4, 0.5) is 0 Å². The topological polar surface area (TPSA) is 37.4 Å². The first-order chi connectivity index (χ1) is 14.0. The fourth-order valence-corrected chi connectivity index (χ4v) is 3.55. The molecule has 152 valence electrons. The summed E-state index contributed by atoms with van der Waals surface area (Å²) in [5, 5.41) is 3.57. The van der Waals surface area contributed by atoms with Gasteiger partial charge < -0.3 is 15.0 Å². The number of aromatic nitrogens is 1. The zero-order chi connectivity index (χ0) is 20.6. The molecule has 0 aliphatic rings. The van der Waals surface area contributed by atoms with Gasteiger partial charge in [0, 0.05) is 25.8 Å². The van der Waals surface area contributed by atoms with Crippen molar-refractivity contribution in [3.63, 3.8) is 0 Å². The zero-order valence-electron chi connectivity index (χ0n) is 17.9. The van der Waals surface area contributed by atoms with Crippen LogP contribution < -0.4 is 10.1 Å². The normalized spacial score (nSPS) is 11.1. The highest BCUT2D eigenvalue weighted by atomic mass is 16.5. The lowest BCUT2D eigenvalue weighted by atomic mass is 10.1. The van der Waals surface area contributed by atoms with Crippen molar-refractivity contribution in [1.82, 2.24) is 15.2 Å². The second-order valence-corrected chi connectivity index (χ2v) is 7.83. The molecule has 0 spiro atoms. The Morgan fingerprint density at radius 3 is 2.28 bits per heavy atom. The van der Waals surface area contributed by atoms with Crippen LogP contribution >= 0.6 is 0 Å². The molecule has 0 amide bonds. The van der Waals surface area contributed by atoms with E-state index >= 15 is 0 Å². The van der Waals surface area contributed by atoms with Crippen molar-refractivity contribution < 1.29 is 4.74 Å². The average Bonchev–Trinajstić information content (AvgIpc) is 2.68. The van der Waals surface area contributed by atoms with E-state index in [2.05, 4.69) is 79.5 Å². The van der Waals surface area contributed by atoms with Gasteiger partial charge >= 0.3 is 0 Å². The summed E-state index contributed by atoms with van der Waals surface area (Å²) < 4.78 is 6.04. The Morgan fingerprint density at radius 1 is 0.862 bits per heavy atom. The Kier molecular flexibility index (Phi) is 7.39. The molecular weight excluding hydrogens is 358 g/mol. The summed E-state index contributed by atoms with van der Waals surface area (Å²) in [5.41, 5.74) is 7.18. The number of nitrogens with zero attached hydrogens (tertiary/aromatic N) is 2. The molecule has 1 N–H and O–H groups in total. The Hall–Kier alpha value is -2.69. The van der Waals surface area contributed by atoms with E-state index in [-0.39, 0.29) is 0 Å². The number of pyridine rings is 1. The Balaban J connectivity index is 1.56. The molecule has 0 radical (unpaired) electrons. The van der Waals surface area contributed by atoms with Crippen LogP contribution in [-0.2, 0) is 26.2 Å². The lowest BCUT2D eigenvalue weighted by molar-refractivity contribution is 0.297. The maximum atomic E-state index is 6.04. The monoisotopic (exact) mass is 389 g/mol. The van der Waals surface area contributed by atoms with Crippen LogP contribution in [0.5, 0.6) is 5.75 Å². The van der Waals surface area contributed by atoms with Gasteiger partial charge in [-0.25, -0.2) is 0 Å². The van der Waals surface area contributed by atoms with E-state index in [1.54, 1.807) is 6.20 Å². The van der Waals surface area contributed by atoms with Gasteiger partial charge in [-0.2, -0.15) is 0 Å². The maximum Gasteiger partial charge on any atom is 0.130 e. The van der Waals surface area contributed by atoms with Crippen molar-refractivity contribution in [2.45, 2.75) is 40.1 Å². The average molecular weight is 390 g/mol. The molecule has 0 atom stereocenters. The molecule has 1 aromatic heterocycles. The molecule has 0 fully saturated rings. The minimum absolute atomic E-state index is 0.489. The Morgan fingerprint density at radius 2 is 1.59 bits per heavy atom. The third kappa shape index (κ3) is 6.41. The summed E-state index contributed by atoms with van der Waals surface area (Å²) >= 11 is 0. The van der Waals surface area contributed by atoms with Gasteiger partial charge in [0.15, 0.2) is 0 Å². The molecule has 3 aromatic rings. The summed E-state index contributed by atoms with van der Waals surface area (Å²) in [6.45, 7) is 7.36. The Labute approximate surface area is 174 Å². The number of rotatable bonds is 9. The minimum Gasteiger partial charge on any atom is -0.487 e. The predicted molar refractivity (Wildman–Crippen MR) is 119 cm³/mol. The molecule has 0 saturated carbocycles. The lowest BCUT2D eigenvalue weighted by Crippen LogP contribution is -2.14. The molecule has 3 rings (SSSR count). The van der Waals surface area contributed by atoms with Crippen LogP contribution in [0.2, 0.25) is 0 Å². The zero-order valence-corrected chi connectivity index (χ0v) is 17.9. The van der Waals surface area contributed by atoms with Crippen molar-refractivity contribution in [2.75, 3.05) is 14.1 Å². The molecule has 0 aliphatic carbocycles. The summed E-state index contributed by atoms with van der Waals surface area (Å²) in [4.78, 5) is 6.51. The van der Waals surface area contributed by atoms with E-state index in [9.17, 15) is 0 Å². The SMILES string of the molecule is Cc1cc(CNCc2cccc(CN(C)C)c2)cc(C)c1OCc1ccccn1. The Bertz CT molecular complexity index is 899. The van der Waals surface area contributed by atoms with Crippen LogP contribution in [-0.4, -0.2) is 24.0 Å². The molecule has 0 bridgehead atoms. The van der Waals surface area contributed by atoms with Crippen molar-refractivity contribution >= 4 is 0 Å². The van der Waals surface area contributed by atoms with E-state index in [1.165, 1.54) is 16.7 Å². The minimum atomic E-state index is 0.489. The second-order valence-electron chi connectivity index (χ2n) is 7.83. The fraction of sp³-hybridized carbons (Fsp3) is 0.320. The molecule has 0 aliphatic heterocycles. The number of aryl methyl sites for hydroxylation is 2. The van der Waals surface area contributed by atoms with Crippen molar-refractivity contribution in [1.29, 1.82) is 0 Å². The number of hydrogen-bond acceptors (Lipinski definition) is 4. The third-order valence-corrected chi connectivity index (χ3v) is 4.76. The quantitative estimate of drug-likeness (QED) is 0.579. The largest absolute Gasteiger partial charge is 0.487 e. The number of nitrogens with one attached hydrogen (secondary N) is 1. The van der Waals surface area contributed by atoms with Gasteiger partial charge in [0.05, 0.1) is 5.69 Å².